The van der Waals surface area contributed by atoms with Gasteiger partial charge in [-0.3, -0.25) is 0 Å². The number of aliphatic imine (C=N–C) groups is 1. The highest BCUT2D eigenvalue weighted by atomic mass is 127. The van der Waals surface area contributed by atoms with Crippen LogP contribution in [0.5, 0.6) is 0 Å². The molecule has 0 fully saturated rings. The highest BCUT2D eigenvalue weighted by molar-refractivity contribution is 14.0. The van der Waals surface area contributed by atoms with Crippen molar-refractivity contribution in [1.82, 2.24) is 25.0 Å². The number of aromatic nitrogens is 3. The number of hydrogen-bond donors (Lipinski definition) is 1. The first kappa shape index (κ1) is 20.9. The van der Waals surface area contributed by atoms with Gasteiger partial charge in [0.1, 0.15) is 12.9 Å². The normalized spacial score (nSPS) is 11.1. The van der Waals surface area contributed by atoms with E-state index in [1.54, 1.807) is 6.33 Å². The highest BCUT2D eigenvalue weighted by Crippen LogP contribution is 2.12. The Labute approximate surface area is 168 Å². The fourth-order valence-electron chi connectivity index (χ4n) is 2.22. The quantitative estimate of drug-likeness (QED) is 0.371. The summed E-state index contributed by atoms with van der Waals surface area (Å²) in [6.07, 6.45) is 1.74. The van der Waals surface area contributed by atoms with Gasteiger partial charge in [0.15, 0.2) is 11.8 Å². The molecule has 1 N–H and O–H groups in total. The van der Waals surface area contributed by atoms with Crippen LogP contribution in [0.25, 0.3) is 0 Å². The molecule has 2 rings (SSSR count). The van der Waals surface area contributed by atoms with Crippen LogP contribution in [-0.4, -0.2) is 39.2 Å². The molecular weight excluding hydrogens is 483 g/mol. The Morgan fingerprint density at radius 1 is 1.29 bits per heavy atom. The van der Waals surface area contributed by atoms with E-state index in [1.165, 1.54) is 5.56 Å². The average molecular weight is 507 g/mol. The summed E-state index contributed by atoms with van der Waals surface area (Å²) in [5.74, 6) is 1.74. The van der Waals surface area contributed by atoms with Gasteiger partial charge in [0.05, 0.1) is 0 Å². The molecule has 0 radical (unpaired) electrons. The van der Waals surface area contributed by atoms with Gasteiger partial charge >= 0.3 is 0 Å². The number of hydrogen-bond acceptors (Lipinski definition) is 3. The van der Waals surface area contributed by atoms with Gasteiger partial charge in [0.25, 0.3) is 0 Å². The molecule has 24 heavy (non-hydrogen) atoms. The molecule has 0 aliphatic carbocycles. The van der Waals surface area contributed by atoms with Crippen LogP contribution in [0, 0.1) is 0 Å². The van der Waals surface area contributed by atoms with E-state index in [1.807, 2.05) is 11.6 Å². The Balaban J connectivity index is 0.00000288. The number of rotatable bonds is 6. The molecule has 0 atom stereocenters. The summed E-state index contributed by atoms with van der Waals surface area (Å²) < 4.78 is 3.09. The SMILES string of the molecule is CCNC(=NCc1nncn1CC)N(C)Cc1ccc(Br)cc1.I. The van der Waals surface area contributed by atoms with Crippen LogP contribution >= 0.6 is 39.9 Å². The van der Waals surface area contributed by atoms with Crippen LogP contribution in [-0.2, 0) is 19.6 Å². The molecule has 8 heteroatoms. The van der Waals surface area contributed by atoms with Crippen LogP contribution in [0.2, 0.25) is 0 Å². The van der Waals surface area contributed by atoms with Crippen molar-refractivity contribution < 1.29 is 0 Å². The van der Waals surface area contributed by atoms with E-state index in [2.05, 4.69) is 79.4 Å². The van der Waals surface area contributed by atoms with Gasteiger partial charge in [-0.1, -0.05) is 28.1 Å². The zero-order chi connectivity index (χ0) is 16.7. The van der Waals surface area contributed by atoms with Crippen molar-refractivity contribution in [1.29, 1.82) is 0 Å². The fraction of sp³-hybridized carbons (Fsp3) is 0.438. The number of benzene rings is 1. The molecule has 0 spiro atoms. The maximum atomic E-state index is 4.68. The molecule has 1 heterocycles. The molecule has 0 saturated carbocycles. The molecule has 0 bridgehead atoms. The second kappa shape index (κ2) is 10.7. The minimum absolute atomic E-state index is 0. The zero-order valence-corrected chi connectivity index (χ0v) is 18.2. The molecule has 1 aromatic carbocycles. The van der Waals surface area contributed by atoms with E-state index in [0.717, 1.165) is 35.9 Å². The van der Waals surface area contributed by atoms with E-state index in [4.69, 9.17) is 0 Å². The maximum absolute atomic E-state index is 4.68. The maximum Gasteiger partial charge on any atom is 0.194 e. The molecular formula is C16H24BrIN6. The Morgan fingerprint density at radius 3 is 2.62 bits per heavy atom. The standard InChI is InChI=1S/C16H23BrN6.HI/c1-4-18-16(19-10-15-21-20-12-23(15)5-2)22(3)11-13-6-8-14(17)9-7-13;/h6-9,12H,4-5,10-11H2,1-3H3,(H,18,19);1H. The molecule has 0 aliphatic rings. The Hall–Kier alpha value is -1.16. The zero-order valence-electron chi connectivity index (χ0n) is 14.2. The molecule has 0 unspecified atom stereocenters. The van der Waals surface area contributed by atoms with Crippen molar-refractivity contribution in [2.24, 2.45) is 4.99 Å². The Bertz CT molecular complexity index is 640. The molecule has 0 amide bonds. The summed E-state index contributed by atoms with van der Waals surface area (Å²) in [5.41, 5.74) is 1.23. The number of nitrogens with zero attached hydrogens (tertiary/aromatic N) is 5. The predicted molar refractivity (Wildman–Crippen MR) is 112 cm³/mol. The van der Waals surface area contributed by atoms with Crippen molar-refractivity contribution in [3.05, 3.63) is 46.5 Å². The molecule has 2 aromatic rings. The van der Waals surface area contributed by atoms with E-state index < -0.39 is 0 Å². The summed E-state index contributed by atoms with van der Waals surface area (Å²) in [7, 11) is 2.04. The second-order valence-corrected chi connectivity index (χ2v) is 6.10. The monoisotopic (exact) mass is 506 g/mol. The van der Waals surface area contributed by atoms with Gasteiger partial charge in [0, 0.05) is 31.2 Å². The molecule has 0 aliphatic heterocycles. The molecule has 132 valence electrons. The largest absolute Gasteiger partial charge is 0.357 e. The predicted octanol–water partition coefficient (Wildman–Crippen LogP) is 3.28. The van der Waals surface area contributed by atoms with Crippen molar-refractivity contribution in [2.75, 3.05) is 13.6 Å². The lowest BCUT2D eigenvalue weighted by molar-refractivity contribution is 0.476. The van der Waals surface area contributed by atoms with Crippen LogP contribution in [0.15, 0.2) is 40.1 Å². The number of guanidine groups is 1. The van der Waals surface area contributed by atoms with Gasteiger partial charge in [-0.05, 0) is 31.5 Å². The number of aryl methyl sites for hydroxylation is 1. The van der Waals surface area contributed by atoms with Gasteiger partial charge in [-0.25, -0.2) is 4.99 Å². The van der Waals surface area contributed by atoms with E-state index in [-0.39, 0.29) is 24.0 Å². The minimum Gasteiger partial charge on any atom is -0.357 e. The fourth-order valence-corrected chi connectivity index (χ4v) is 2.48. The van der Waals surface area contributed by atoms with Gasteiger partial charge in [-0.2, -0.15) is 0 Å². The first-order valence-electron chi connectivity index (χ1n) is 7.74. The number of nitrogens with one attached hydrogen (secondary N) is 1. The van der Waals surface area contributed by atoms with Crippen molar-refractivity contribution in [3.63, 3.8) is 0 Å². The van der Waals surface area contributed by atoms with E-state index in [0.29, 0.717) is 6.54 Å². The lowest BCUT2D eigenvalue weighted by atomic mass is 10.2. The van der Waals surface area contributed by atoms with Gasteiger partial charge < -0.3 is 14.8 Å². The first-order chi connectivity index (χ1) is 11.1. The lowest BCUT2D eigenvalue weighted by Gasteiger charge is -2.22. The highest BCUT2D eigenvalue weighted by Gasteiger charge is 2.08. The smallest absolute Gasteiger partial charge is 0.194 e. The van der Waals surface area contributed by atoms with E-state index in [9.17, 15) is 0 Å². The summed E-state index contributed by atoms with van der Waals surface area (Å²) in [5, 5.41) is 11.4. The summed E-state index contributed by atoms with van der Waals surface area (Å²) in [4.78, 5) is 6.79. The van der Waals surface area contributed by atoms with Crippen LogP contribution in [0.1, 0.15) is 25.2 Å². The summed E-state index contributed by atoms with van der Waals surface area (Å²) >= 11 is 3.46. The third-order valence-electron chi connectivity index (χ3n) is 3.44. The lowest BCUT2D eigenvalue weighted by Crippen LogP contribution is -2.38. The average Bonchev–Trinajstić information content (AvgIpc) is 3.01. The Morgan fingerprint density at radius 2 is 2.00 bits per heavy atom. The molecule has 0 saturated heterocycles. The van der Waals surface area contributed by atoms with Gasteiger partial charge in [-0.15, -0.1) is 34.2 Å². The van der Waals surface area contributed by atoms with Crippen LogP contribution in [0.4, 0.5) is 0 Å². The second-order valence-electron chi connectivity index (χ2n) is 5.19. The molecule has 1 aromatic heterocycles. The van der Waals surface area contributed by atoms with Gasteiger partial charge in [0.2, 0.25) is 0 Å². The third-order valence-corrected chi connectivity index (χ3v) is 3.96. The van der Waals surface area contributed by atoms with Crippen LogP contribution in [0.3, 0.4) is 0 Å². The van der Waals surface area contributed by atoms with E-state index >= 15 is 0 Å². The molecule has 6 nitrogen and oxygen atoms in total. The van der Waals surface area contributed by atoms with Crippen molar-refractivity contribution >= 4 is 45.9 Å². The summed E-state index contributed by atoms with van der Waals surface area (Å²) in [6.45, 7) is 7.12. The number of halogens is 2. The topological polar surface area (TPSA) is 58.3 Å². The van der Waals surface area contributed by atoms with Crippen LogP contribution < -0.4 is 5.32 Å². The third kappa shape index (κ3) is 6.04. The summed E-state index contributed by atoms with van der Waals surface area (Å²) in [6, 6.07) is 8.32. The Kier molecular flexibility index (Phi) is 9.27. The van der Waals surface area contributed by atoms with Crippen molar-refractivity contribution in [2.45, 2.75) is 33.5 Å². The van der Waals surface area contributed by atoms with Crippen molar-refractivity contribution in [3.8, 4) is 0 Å². The minimum atomic E-state index is 0. The first-order valence-corrected chi connectivity index (χ1v) is 8.53.